The van der Waals surface area contributed by atoms with E-state index in [0.717, 1.165) is 4.90 Å². The number of hydrogen-bond donors (Lipinski definition) is 2. The van der Waals surface area contributed by atoms with Crippen LogP contribution in [0.4, 0.5) is 0 Å². The van der Waals surface area contributed by atoms with Gasteiger partial charge < -0.3 is 14.8 Å². The molecule has 144 valence electrons. The van der Waals surface area contributed by atoms with E-state index < -0.39 is 40.4 Å². The van der Waals surface area contributed by atoms with Crippen LogP contribution in [0.2, 0.25) is 0 Å². The fourth-order valence-corrected chi connectivity index (χ4v) is 4.86. The van der Waals surface area contributed by atoms with Crippen LogP contribution in [0.5, 0.6) is 0 Å². The Hall–Kier alpha value is -3.24. The summed E-state index contributed by atoms with van der Waals surface area (Å²) in [5.41, 5.74) is 0.280. The lowest BCUT2D eigenvalue weighted by Crippen LogP contribution is -2.71. The number of carboxylic acid groups (broad SMARTS) is 1. The van der Waals surface area contributed by atoms with Crippen molar-refractivity contribution in [1.29, 1.82) is 10.5 Å². The standard InChI is InChI=1S/C18H16N4O5S/c1-9-12(5-10(7-19)8-20)28-17-14(16(24)22(17)15(9)18(25)26)21-13(23)6-11-3-2-4-27-11/h2-4,10,12,14,17H,5-6H2,1H3,(H,21,23)(H,25,26)/t12?,14?,17-/m0/s1. The van der Waals surface area contributed by atoms with Crippen LogP contribution in [0.15, 0.2) is 34.1 Å². The van der Waals surface area contributed by atoms with Crippen LogP contribution in [0, 0.1) is 28.6 Å². The minimum absolute atomic E-state index is 0.0385. The van der Waals surface area contributed by atoms with Gasteiger partial charge in [-0.05, 0) is 31.1 Å². The molecule has 1 aromatic heterocycles. The normalized spacial score (nSPS) is 23.5. The molecular weight excluding hydrogens is 384 g/mol. The van der Waals surface area contributed by atoms with Crippen LogP contribution in [0.25, 0.3) is 0 Å². The molecule has 2 N–H and O–H groups in total. The van der Waals surface area contributed by atoms with Gasteiger partial charge in [0.15, 0.2) is 0 Å². The molecule has 28 heavy (non-hydrogen) atoms. The molecule has 10 heteroatoms. The van der Waals surface area contributed by atoms with Gasteiger partial charge in [-0.25, -0.2) is 4.79 Å². The van der Waals surface area contributed by atoms with Gasteiger partial charge in [0.2, 0.25) is 5.91 Å². The number of furan rings is 1. The van der Waals surface area contributed by atoms with E-state index in [0.29, 0.717) is 11.3 Å². The Balaban J connectivity index is 1.78. The molecule has 0 bridgehead atoms. The summed E-state index contributed by atoms with van der Waals surface area (Å²) in [6.45, 7) is 1.58. The molecular formula is C18H16N4O5S. The van der Waals surface area contributed by atoms with Gasteiger partial charge in [-0.3, -0.25) is 14.5 Å². The Bertz CT molecular complexity index is 913. The number of carbonyl (C=O) groups is 3. The van der Waals surface area contributed by atoms with Crippen molar-refractivity contribution in [3.05, 3.63) is 35.4 Å². The van der Waals surface area contributed by atoms with E-state index in [1.807, 2.05) is 12.1 Å². The van der Waals surface area contributed by atoms with Crippen molar-refractivity contribution >= 4 is 29.5 Å². The summed E-state index contributed by atoms with van der Waals surface area (Å²) >= 11 is 1.27. The van der Waals surface area contributed by atoms with Gasteiger partial charge in [0, 0.05) is 5.25 Å². The summed E-state index contributed by atoms with van der Waals surface area (Å²) in [7, 11) is 0. The highest BCUT2D eigenvalue weighted by atomic mass is 32.2. The number of nitrogens with one attached hydrogen (secondary N) is 1. The zero-order chi connectivity index (χ0) is 20.4. The van der Waals surface area contributed by atoms with Crippen molar-refractivity contribution in [2.24, 2.45) is 5.92 Å². The highest BCUT2D eigenvalue weighted by molar-refractivity contribution is 8.00. The number of hydrogen-bond acceptors (Lipinski definition) is 7. The first kappa shape index (κ1) is 19.5. The van der Waals surface area contributed by atoms with Crippen molar-refractivity contribution < 1.29 is 23.9 Å². The Kier molecular flexibility index (Phi) is 5.43. The quantitative estimate of drug-likeness (QED) is 0.672. The highest BCUT2D eigenvalue weighted by Crippen LogP contribution is 2.45. The van der Waals surface area contributed by atoms with Crippen molar-refractivity contribution in [3.8, 4) is 12.1 Å². The maximum atomic E-state index is 12.5. The van der Waals surface area contributed by atoms with E-state index in [1.54, 1.807) is 19.1 Å². The first-order valence-electron chi connectivity index (χ1n) is 8.41. The smallest absolute Gasteiger partial charge is 0.352 e. The summed E-state index contributed by atoms with van der Waals surface area (Å²) in [6.07, 6.45) is 1.54. The van der Waals surface area contributed by atoms with Gasteiger partial charge in [-0.2, -0.15) is 10.5 Å². The minimum Gasteiger partial charge on any atom is -0.477 e. The molecule has 0 radical (unpaired) electrons. The number of β-lactam (4-membered cyclic amide) rings is 1. The largest absolute Gasteiger partial charge is 0.477 e. The van der Waals surface area contributed by atoms with Crippen LogP contribution < -0.4 is 5.32 Å². The van der Waals surface area contributed by atoms with E-state index in [4.69, 9.17) is 14.9 Å². The Morgan fingerprint density at radius 3 is 2.71 bits per heavy atom. The molecule has 9 nitrogen and oxygen atoms in total. The Morgan fingerprint density at radius 1 is 1.43 bits per heavy atom. The van der Waals surface area contributed by atoms with E-state index in [2.05, 4.69) is 5.32 Å². The van der Waals surface area contributed by atoms with Crippen LogP contribution in [-0.2, 0) is 20.8 Å². The van der Waals surface area contributed by atoms with Crippen LogP contribution >= 0.6 is 11.8 Å². The first-order valence-corrected chi connectivity index (χ1v) is 9.35. The molecule has 2 unspecified atom stereocenters. The van der Waals surface area contributed by atoms with Crippen LogP contribution in [-0.4, -0.2) is 44.5 Å². The van der Waals surface area contributed by atoms with Gasteiger partial charge >= 0.3 is 5.97 Å². The summed E-state index contributed by atoms with van der Waals surface area (Å²) in [4.78, 5) is 37.6. The van der Waals surface area contributed by atoms with E-state index >= 15 is 0 Å². The van der Waals surface area contributed by atoms with Crippen molar-refractivity contribution in [2.75, 3.05) is 0 Å². The molecule has 0 aromatic carbocycles. The van der Waals surface area contributed by atoms with Gasteiger partial charge in [0.25, 0.3) is 5.91 Å². The van der Waals surface area contributed by atoms with Crippen molar-refractivity contribution in [1.82, 2.24) is 10.2 Å². The minimum atomic E-state index is -1.26. The third-order valence-corrected chi connectivity index (χ3v) is 6.28. The zero-order valence-electron chi connectivity index (χ0n) is 14.8. The van der Waals surface area contributed by atoms with Gasteiger partial charge in [0.1, 0.15) is 28.8 Å². The van der Waals surface area contributed by atoms with Gasteiger partial charge in [-0.1, -0.05) is 0 Å². The molecule has 2 aliphatic rings. The van der Waals surface area contributed by atoms with E-state index in [1.165, 1.54) is 18.0 Å². The van der Waals surface area contributed by atoms with E-state index in [-0.39, 0.29) is 18.5 Å². The third kappa shape index (κ3) is 3.47. The lowest BCUT2D eigenvalue weighted by Gasteiger charge is -2.51. The predicted molar refractivity (Wildman–Crippen MR) is 96.0 cm³/mol. The first-order chi connectivity index (χ1) is 13.4. The van der Waals surface area contributed by atoms with E-state index in [9.17, 15) is 19.5 Å². The second kappa shape index (κ2) is 7.79. The number of amides is 2. The molecule has 1 saturated heterocycles. The molecule has 0 spiro atoms. The molecule has 3 atom stereocenters. The maximum absolute atomic E-state index is 12.5. The average molecular weight is 400 g/mol. The second-order valence-electron chi connectivity index (χ2n) is 6.41. The highest BCUT2D eigenvalue weighted by Gasteiger charge is 2.55. The predicted octanol–water partition coefficient (Wildman–Crippen LogP) is 1.00. The van der Waals surface area contributed by atoms with Crippen molar-refractivity contribution in [2.45, 2.75) is 36.4 Å². The SMILES string of the molecule is CC1=C(C(=O)O)N2C(=O)C(NC(=O)Cc3ccco3)[C@@H]2SC1CC(C#N)C#N. The molecule has 2 aliphatic heterocycles. The molecule has 1 fully saturated rings. The molecule has 1 aromatic rings. The van der Waals surface area contributed by atoms with Gasteiger partial charge in [0.05, 0.1) is 24.8 Å². The third-order valence-electron chi connectivity index (χ3n) is 4.64. The maximum Gasteiger partial charge on any atom is 0.352 e. The molecule has 3 rings (SSSR count). The summed E-state index contributed by atoms with van der Waals surface area (Å²) in [5.74, 6) is -2.62. The number of nitrogens with zero attached hydrogens (tertiary/aromatic N) is 3. The lowest BCUT2D eigenvalue weighted by atomic mass is 9.97. The van der Waals surface area contributed by atoms with Crippen LogP contribution in [0.3, 0.4) is 0 Å². The number of nitriles is 2. The average Bonchev–Trinajstić information content (AvgIpc) is 3.17. The second-order valence-corrected chi connectivity index (χ2v) is 7.73. The summed E-state index contributed by atoms with van der Waals surface area (Å²) in [5, 5.41) is 29.2. The number of rotatable bonds is 6. The molecule has 2 amide bonds. The summed E-state index contributed by atoms with van der Waals surface area (Å²) < 4.78 is 5.11. The zero-order valence-corrected chi connectivity index (χ0v) is 15.6. The number of carboxylic acids is 1. The fourth-order valence-electron chi connectivity index (χ4n) is 3.24. The molecule has 3 heterocycles. The number of aliphatic carboxylic acids is 1. The molecule has 0 saturated carbocycles. The topological polar surface area (TPSA) is 147 Å². The van der Waals surface area contributed by atoms with Crippen LogP contribution in [0.1, 0.15) is 19.1 Å². The number of carbonyl (C=O) groups excluding carboxylic acids is 2. The summed E-state index contributed by atoms with van der Waals surface area (Å²) in [6, 6.07) is 6.17. The number of fused-ring (bicyclic) bond motifs is 1. The van der Waals surface area contributed by atoms with Gasteiger partial charge in [-0.15, -0.1) is 11.8 Å². The lowest BCUT2D eigenvalue weighted by molar-refractivity contribution is -0.150. The fraction of sp³-hybridized carbons (Fsp3) is 0.389. The monoisotopic (exact) mass is 400 g/mol. The Labute approximate surface area is 164 Å². The van der Waals surface area contributed by atoms with Crippen molar-refractivity contribution in [3.63, 3.8) is 0 Å². The number of thioether (sulfide) groups is 1. The Morgan fingerprint density at radius 2 is 2.14 bits per heavy atom. The molecule has 0 aliphatic carbocycles.